The van der Waals surface area contributed by atoms with Crippen molar-refractivity contribution in [1.82, 2.24) is 14.5 Å². The minimum atomic E-state index is -0.492. The highest BCUT2D eigenvalue weighted by atomic mass is 79.9. The Bertz CT molecular complexity index is 1430. The number of halogens is 2. The molecule has 1 atom stereocenters. The predicted octanol–water partition coefficient (Wildman–Crippen LogP) is 7.05. The zero-order valence-electron chi connectivity index (χ0n) is 19.9. The molecule has 0 bridgehead atoms. The number of carbonyl (C=O) groups excluding carboxylic acids is 1. The number of rotatable bonds is 7. The highest BCUT2D eigenvalue weighted by Gasteiger charge is 2.28. The summed E-state index contributed by atoms with van der Waals surface area (Å²) in [5.74, 6) is 0.747. The van der Waals surface area contributed by atoms with E-state index >= 15 is 0 Å². The molecular weight excluding hydrogens is 526 g/mol. The van der Waals surface area contributed by atoms with Gasteiger partial charge in [0.2, 0.25) is 0 Å². The Hall–Kier alpha value is -2.96. The fourth-order valence-corrected chi connectivity index (χ4v) is 4.71. The van der Waals surface area contributed by atoms with Gasteiger partial charge < -0.3 is 4.90 Å². The van der Waals surface area contributed by atoms with Crippen molar-refractivity contribution in [3.05, 3.63) is 104 Å². The van der Waals surface area contributed by atoms with Crippen molar-refractivity contribution in [2.24, 2.45) is 5.92 Å². The molecule has 5 nitrogen and oxygen atoms in total. The molecule has 1 unspecified atom stereocenters. The van der Waals surface area contributed by atoms with Crippen molar-refractivity contribution < 1.29 is 4.79 Å². The molecule has 3 aromatic carbocycles. The Balaban J connectivity index is 1.92. The molecule has 0 radical (unpaired) electrons. The number of benzene rings is 3. The quantitative estimate of drug-likeness (QED) is 0.247. The van der Waals surface area contributed by atoms with Crippen molar-refractivity contribution in [1.29, 1.82) is 0 Å². The molecule has 1 amide bonds. The van der Waals surface area contributed by atoms with Gasteiger partial charge in [-0.05, 0) is 61.7 Å². The third-order valence-corrected chi connectivity index (χ3v) is 6.83. The van der Waals surface area contributed by atoms with Gasteiger partial charge in [-0.25, -0.2) is 4.98 Å². The van der Waals surface area contributed by atoms with E-state index in [2.05, 4.69) is 29.8 Å². The van der Waals surface area contributed by atoms with E-state index in [1.165, 1.54) is 0 Å². The molecule has 0 spiro atoms. The van der Waals surface area contributed by atoms with E-state index in [-0.39, 0.29) is 11.5 Å². The predicted molar refractivity (Wildman–Crippen MR) is 145 cm³/mol. The maximum absolute atomic E-state index is 13.8. The second kappa shape index (κ2) is 10.8. The van der Waals surface area contributed by atoms with Gasteiger partial charge in [-0.15, -0.1) is 0 Å². The minimum Gasteiger partial charge on any atom is -0.329 e. The maximum Gasteiger partial charge on any atom is 0.266 e. The maximum atomic E-state index is 13.8. The number of nitrogens with zero attached hydrogens (tertiary/aromatic N) is 3. The van der Waals surface area contributed by atoms with Crippen molar-refractivity contribution in [2.75, 3.05) is 6.54 Å². The van der Waals surface area contributed by atoms with Gasteiger partial charge in [0.1, 0.15) is 5.82 Å². The third-order valence-electron chi connectivity index (χ3n) is 6.02. The summed E-state index contributed by atoms with van der Waals surface area (Å²) in [6.45, 7) is 6.69. The fraction of sp³-hybridized carbons (Fsp3) is 0.250. The summed E-state index contributed by atoms with van der Waals surface area (Å²) >= 11 is 10.0. The minimum absolute atomic E-state index is 0.118. The van der Waals surface area contributed by atoms with Crippen LogP contribution in [0.2, 0.25) is 5.02 Å². The lowest BCUT2D eigenvalue weighted by Gasteiger charge is -2.31. The number of fused-ring (bicyclic) bond motifs is 1. The third kappa shape index (κ3) is 5.34. The molecule has 180 valence electrons. The number of para-hydroxylation sites is 2. The molecular formula is C28H27BrClN3O2. The molecule has 0 aliphatic rings. The van der Waals surface area contributed by atoms with Gasteiger partial charge in [0, 0.05) is 16.6 Å². The van der Waals surface area contributed by atoms with E-state index in [1.54, 1.807) is 33.7 Å². The Morgan fingerprint density at radius 3 is 2.46 bits per heavy atom. The van der Waals surface area contributed by atoms with Crippen molar-refractivity contribution in [2.45, 2.75) is 33.2 Å². The summed E-state index contributed by atoms with van der Waals surface area (Å²) in [5.41, 5.74) is 1.48. The molecule has 0 N–H and O–H groups in total. The summed E-state index contributed by atoms with van der Waals surface area (Å²) in [4.78, 5) is 34.2. The van der Waals surface area contributed by atoms with Crippen LogP contribution in [0.15, 0.2) is 82.1 Å². The van der Waals surface area contributed by atoms with Crippen molar-refractivity contribution >= 4 is 44.3 Å². The first-order valence-electron chi connectivity index (χ1n) is 11.6. The van der Waals surface area contributed by atoms with E-state index in [0.29, 0.717) is 45.5 Å². The van der Waals surface area contributed by atoms with Gasteiger partial charge in [0.05, 0.1) is 27.7 Å². The lowest BCUT2D eigenvalue weighted by molar-refractivity contribution is 0.0671. The van der Waals surface area contributed by atoms with E-state index < -0.39 is 6.04 Å². The SMILES string of the molecule is CC(C)CCN(C(=O)c1cccc(Br)c1)C(C)c1nc2ccccc2c(=O)n1-c1ccccc1Cl. The highest BCUT2D eigenvalue weighted by molar-refractivity contribution is 9.10. The van der Waals surface area contributed by atoms with Crippen LogP contribution in [-0.2, 0) is 0 Å². The van der Waals surface area contributed by atoms with Crippen molar-refractivity contribution in [3.63, 3.8) is 0 Å². The number of amides is 1. The zero-order valence-corrected chi connectivity index (χ0v) is 22.3. The van der Waals surface area contributed by atoms with E-state index in [9.17, 15) is 9.59 Å². The van der Waals surface area contributed by atoms with Gasteiger partial charge in [-0.1, -0.05) is 71.7 Å². The average Bonchev–Trinajstić information content (AvgIpc) is 2.84. The molecule has 1 heterocycles. The molecule has 0 aliphatic heterocycles. The molecule has 4 rings (SSSR count). The van der Waals surface area contributed by atoms with Crippen LogP contribution < -0.4 is 5.56 Å². The van der Waals surface area contributed by atoms with Gasteiger partial charge in [0.15, 0.2) is 0 Å². The van der Waals surface area contributed by atoms with E-state index in [1.807, 2.05) is 55.5 Å². The fourth-order valence-electron chi connectivity index (χ4n) is 4.09. The second-order valence-electron chi connectivity index (χ2n) is 8.95. The normalized spacial score (nSPS) is 12.2. The van der Waals surface area contributed by atoms with Gasteiger partial charge >= 0.3 is 0 Å². The molecule has 35 heavy (non-hydrogen) atoms. The molecule has 7 heteroatoms. The topological polar surface area (TPSA) is 55.2 Å². The molecule has 0 aliphatic carbocycles. The zero-order chi connectivity index (χ0) is 25.1. The number of aromatic nitrogens is 2. The first-order chi connectivity index (χ1) is 16.8. The summed E-state index contributed by atoms with van der Waals surface area (Å²) in [6.07, 6.45) is 0.813. The number of hydrogen-bond donors (Lipinski definition) is 0. The summed E-state index contributed by atoms with van der Waals surface area (Å²) in [5, 5.41) is 0.933. The molecule has 1 aromatic heterocycles. The number of hydrogen-bond acceptors (Lipinski definition) is 3. The standard InChI is InChI=1S/C28H27BrClN3O2/c1-18(2)15-16-32(27(34)20-9-8-10-21(29)17-20)19(3)26-31-24-13-6-4-11-22(24)28(35)33(26)25-14-7-5-12-23(25)30/h4-14,17-19H,15-16H2,1-3H3. The highest BCUT2D eigenvalue weighted by Crippen LogP contribution is 2.28. The van der Waals surface area contributed by atoms with Gasteiger partial charge in [-0.3, -0.25) is 14.2 Å². The van der Waals surface area contributed by atoms with Gasteiger partial charge in [0.25, 0.3) is 11.5 Å². The largest absolute Gasteiger partial charge is 0.329 e. The van der Waals surface area contributed by atoms with Crippen LogP contribution in [0, 0.1) is 5.92 Å². The van der Waals surface area contributed by atoms with Gasteiger partial charge in [-0.2, -0.15) is 0 Å². The van der Waals surface area contributed by atoms with Crippen molar-refractivity contribution in [3.8, 4) is 5.69 Å². The van der Waals surface area contributed by atoms with Crippen LogP contribution in [0.3, 0.4) is 0 Å². The lowest BCUT2D eigenvalue weighted by atomic mass is 10.1. The molecule has 0 fully saturated rings. The van der Waals surface area contributed by atoms with Crippen LogP contribution in [0.5, 0.6) is 0 Å². The van der Waals surface area contributed by atoms with Crippen LogP contribution >= 0.6 is 27.5 Å². The molecule has 0 saturated heterocycles. The second-order valence-corrected chi connectivity index (χ2v) is 10.3. The first kappa shape index (κ1) is 25.1. The van der Waals surface area contributed by atoms with Crippen LogP contribution in [0.4, 0.5) is 0 Å². The average molecular weight is 553 g/mol. The summed E-state index contributed by atoms with van der Waals surface area (Å²) in [6, 6.07) is 21.3. The summed E-state index contributed by atoms with van der Waals surface area (Å²) in [7, 11) is 0. The smallest absolute Gasteiger partial charge is 0.266 e. The Morgan fingerprint density at radius 2 is 1.74 bits per heavy atom. The summed E-state index contributed by atoms with van der Waals surface area (Å²) < 4.78 is 2.38. The van der Waals surface area contributed by atoms with Crippen LogP contribution in [0.1, 0.15) is 49.4 Å². The Kier molecular flexibility index (Phi) is 7.72. The lowest BCUT2D eigenvalue weighted by Crippen LogP contribution is -2.38. The first-order valence-corrected chi connectivity index (χ1v) is 12.8. The monoisotopic (exact) mass is 551 g/mol. The molecule has 4 aromatic rings. The molecule has 0 saturated carbocycles. The van der Waals surface area contributed by atoms with E-state index in [4.69, 9.17) is 16.6 Å². The van der Waals surface area contributed by atoms with Crippen LogP contribution in [-0.4, -0.2) is 26.9 Å². The van der Waals surface area contributed by atoms with Crippen LogP contribution in [0.25, 0.3) is 16.6 Å². The Morgan fingerprint density at radius 1 is 1.03 bits per heavy atom. The Labute approximate surface area is 218 Å². The number of carbonyl (C=O) groups is 1. The van der Waals surface area contributed by atoms with E-state index in [0.717, 1.165) is 10.9 Å².